The summed E-state index contributed by atoms with van der Waals surface area (Å²) in [7, 11) is 0. The van der Waals surface area contributed by atoms with E-state index in [1.165, 1.54) is 12.1 Å². The van der Waals surface area contributed by atoms with Crippen molar-refractivity contribution < 1.29 is 14.0 Å². The lowest BCUT2D eigenvalue weighted by Gasteiger charge is -2.31. The van der Waals surface area contributed by atoms with Gasteiger partial charge < -0.3 is 10.2 Å². The maximum absolute atomic E-state index is 13.4. The number of amides is 2. The molecule has 1 atom stereocenters. The molecule has 22 heavy (non-hydrogen) atoms. The summed E-state index contributed by atoms with van der Waals surface area (Å²) in [6, 6.07) is 5.51. The predicted molar refractivity (Wildman–Crippen MR) is 79.2 cm³/mol. The lowest BCUT2D eigenvalue weighted by atomic mass is 9.97. The molecule has 2 rings (SSSR count). The fraction of sp³-hybridized carbons (Fsp3) is 0.312. The zero-order chi connectivity index (χ0) is 16.1. The molecular formula is C16H16FN3O2. The van der Waals surface area contributed by atoms with E-state index in [1.807, 2.05) is 6.07 Å². The zero-order valence-corrected chi connectivity index (χ0v) is 12.0. The Morgan fingerprint density at radius 1 is 1.45 bits per heavy atom. The molecule has 0 radical (unpaired) electrons. The second kappa shape index (κ2) is 6.85. The third kappa shape index (κ3) is 3.70. The molecule has 1 aliphatic heterocycles. The number of likely N-dealkylation sites (tertiary alicyclic amines) is 1. The number of nitriles is 1. The van der Waals surface area contributed by atoms with E-state index < -0.39 is 5.82 Å². The first-order chi connectivity index (χ1) is 10.5. The fourth-order valence-electron chi connectivity index (χ4n) is 2.49. The Hall–Kier alpha value is -2.68. The Kier molecular flexibility index (Phi) is 4.89. The molecule has 1 N–H and O–H groups in total. The molecule has 1 unspecified atom stereocenters. The van der Waals surface area contributed by atoms with E-state index in [0.717, 1.165) is 18.6 Å². The van der Waals surface area contributed by atoms with Crippen LogP contribution in [0.5, 0.6) is 0 Å². The average Bonchev–Trinajstić information content (AvgIpc) is 2.53. The van der Waals surface area contributed by atoms with Gasteiger partial charge in [-0.3, -0.25) is 9.59 Å². The second-order valence-electron chi connectivity index (χ2n) is 5.16. The van der Waals surface area contributed by atoms with Gasteiger partial charge in [-0.15, -0.1) is 0 Å². The number of rotatable bonds is 3. The molecule has 6 heteroatoms. The van der Waals surface area contributed by atoms with Crippen molar-refractivity contribution in [1.29, 1.82) is 5.26 Å². The third-order valence-corrected chi connectivity index (χ3v) is 3.57. The molecule has 0 saturated carbocycles. The smallest absolute Gasteiger partial charge is 0.245 e. The van der Waals surface area contributed by atoms with Gasteiger partial charge in [0.25, 0.3) is 0 Å². The number of carbonyl (C=O) groups is 2. The Morgan fingerprint density at radius 3 is 2.91 bits per heavy atom. The van der Waals surface area contributed by atoms with Crippen LogP contribution in [0.1, 0.15) is 18.4 Å². The van der Waals surface area contributed by atoms with Crippen molar-refractivity contribution in [3.8, 4) is 6.07 Å². The van der Waals surface area contributed by atoms with Crippen LogP contribution in [0.3, 0.4) is 0 Å². The number of carbonyl (C=O) groups excluding carboxylic acids is 2. The fourth-order valence-corrected chi connectivity index (χ4v) is 2.49. The van der Waals surface area contributed by atoms with Crippen LogP contribution >= 0.6 is 0 Å². The normalized spacial score (nSPS) is 17.5. The van der Waals surface area contributed by atoms with Crippen LogP contribution in [0.15, 0.2) is 30.9 Å². The highest BCUT2D eigenvalue weighted by molar-refractivity contribution is 5.94. The summed E-state index contributed by atoms with van der Waals surface area (Å²) in [6.07, 6.45) is 2.61. The van der Waals surface area contributed by atoms with Crippen LogP contribution in [0.4, 0.5) is 10.1 Å². The second-order valence-corrected chi connectivity index (χ2v) is 5.16. The van der Waals surface area contributed by atoms with Crippen molar-refractivity contribution >= 4 is 17.5 Å². The molecule has 1 aliphatic rings. The van der Waals surface area contributed by atoms with Crippen molar-refractivity contribution in [2.75, 3.05) is 18.4 Å². The van der Waals surface area contributed by atoms with Gasteiger partial charge >= 0.3 is 0 Å². The molecular weight excluding hydrogens is 285 g/mol. The minimum absolute atomic E-state index is 0.141. The summed E-state index contributed by atoms with van der Waals surface area (Å²) >= 11 is 0. The number of nitrogens with one attached hydrogen (secondary N) is 1. The van der Waals surface area contributed by atoms with Crippen LogP contribution in [0.25, 0.3) is 0 Å². The van der Waals surface area contributed by atoms with Crippen molar-refractivity contribution in [2.45, 2.75) is 12.8 Å². The molecule has 1 aromatic carbocycles. The van der Waals surface area contributed by atoms with Gasteiger partial charge in [0.05, 0.1) is 17.6 Å². The summed E-state index contributed by atoms with van der Waals surface area (Å²) < 4.78 is 13.4. The number of hydrogen-bond donors (Lipinski definition) is 1. The van der Waals surface area contributed by atoms with Gasteiger partial charge in [-0.05, 0) is 37.1 Å². The van der Waals surface area contributed by atoms with E-state index in [-0.39, 0.29) is 29.0 Å². The third-order valence-electron chi connectivity index (χ3n) is 3.57. The average molecular weight is 301 g/mol. The van der Waals surface area contributed by atoms with Crippen LogP contribution in [-0.2, 0) is 9.59 Å². The van der Waals surface area contributed by atoms with Crippen molar-refractivity contribution in [1.82, 2.24) is 4.90 Å². The Morgan fingerprint density at radius 2 is 2.23 bits per heavy atom. The molecule has 1 fully saturated rings. The predicted octanol–water partition coefficient (Wildman–Crippen LogP) is 2.06. The van der Waals surface area contributed by atoms with Crippen LogP contribution < -0.4 is 5.32 Å². The van der Waals surface area contributed by atoms with E-state index in [4.69, 9.17) is 5.26 Å². The number of hydrogen-bond acceptors (Lipinski definition) is 3. The first-order valence-corrected chi connectivity index (χ1v) is 6.96. The van der Waals surface area contributed by atoms with Crippen molar-refractivity contribution in [3.63, 3.8) is 0 Å². The number of halogens is 1. The van der Waals surface area contributed by atoms with E-state index in [9.17, 15) is 14.0 Å². The van der Waals surface area contributed by atoms with Gasteiger partial charge in [0.15, 0.2) is 0 Å². The maximum Gasteiger partial charge on any atom is 0.245 e. The van der Waals surface area contributed by atoms with Gasteiger partial charge in [0, 0.05) is 18.8 Å². The summed E-state index contributed by atoms with van der Waals surface area (Å²) in [6.45, 7) is 4.36. The molecule has 2 amide bonds. The van der Waals surface area contributed by atoms with Crippen LogP contribution in [-0.4, -0.2) is 29.8 Å². The number of anilines is 1. The number of nitrogens with zero attached hydrogens (tertiary/aromatic N) is 2. The first kappa shape index (κ1) is 15.7. The summed E-state index contributed by atoms with van der Waals surface area (Å²) in [5, 5.41) is 11.4. The largest absolute Gasteiger partial charge is 0.338 e. The highest BCUT2D eigenvalue weighted by atomic mass is 19.1. The zero-order valence-electron chi connectivity index (χ0n) is 12.0. The van der Waals surface area contributed by atoms with E-state index in [2.05, 4.69) is 11.9 Å². The van der Waals surface area contributed by atoms with Gasteiger partial charge in [-0.1, -0.05) is 6.58 Å². The summed E-state index contributed by atoms with van der Waals surface area (Å²) in [4.78, 5) is 25.4. The number of benzene rings is 1. The SMILES string of the molecule is C=CC(=O)N1CCCC(C(=O)Nc2cc(F)cc(C#N)c2)C1. The Labute approximate surface area is 128 Å². The molecule has 5 nitrogen and oxygen atoms in total. The van der Waals surface area contributed by atoms with Crippen LogP contribution in [0, 0.1) is 23.1 Å². The molecule has 1 aromatic rings. The lowest BCUT2D eigenvalue weighted by Crippen LogP contribution is -2.43. The van der Waals surface area contributed by atoms with Crippen LogP contribution in [0.2, 0.25) is 0 Å². The minimum atomic E-state index is -0.582. The van der Waals surface area contributed by atoms with Gasteiger partial charge in [-0.2, -0.15) is 5.26 Å². The van der Waals surface area contributed by atoms with Gasteiger partial charge in [0.1, 0.15) is 5.82 Å². The topological polar surface area (TPSA) is 73.2 Å². The highest BCUT2D eigenvalue weighted by Crippen LogP contribution is 2.20. The summed E-state index contributed by atoms with van der Waals surface area (Å²) in [5.74, 6) is -1.42. The van der Waals surface area contributed by atoms with Crippen molar-refractivity contribution in [3.05, 3.63) is 42.2 Å². The molecule has 0 spiro atoms. The van der Waals surface area contributed by atoms with Crippen molar-refractivity contribution in [2.24, 2.45) is 5.92 Å². The molecule has 1 heterocycles. The molecule has 0 bridgehead atoms. The molecule has 0 aliphatic carbocycles. The van der Waals surface area contributed by atoms with E-state index in [1.54, 1.807) is 4.90 Å². The number of piperidine rings is 1. The lowest BCUT2D eigenvalue weighted by molar-refractivity contribution is -0.130. The standard InChI is InChI=1S/C16H16FN3O2/c1-2-15(21)20-5-3-4-12(10-20)16(22)19-14-7-11(9-18)6-13(17)8-14/h2,6-8,12H,1,3-5,10H2,(H,19,22). The Bertz CT molecular complexity index is 651. The minimum Gasteiger partial charge on any atom is -0.338 e. The summed E-state index contributed by atoms with van der Waals surface area (Å²) in [5.41, 5.74) is 0.385. The Balaban J connectivity index is 2.06. The molecule has 1 saturated heterocycles. The first-order valence-electron chi connectivity index (χ1n) is 6.96. The molecule has 0 aromatic heterocycles. The quantitative estimate of drug-likeness (QED) is 0.868. The highest BCUT2D eigenvalue weighted by Gasteiger charge is 2.27. The monoisotopic (exact) mass is 301 g/mol. The van der Waals surface area contributed by atoms with E-state index >= 15 is 0 Å². The maximum atomic E-state index is 13.4. The molecule has 114 valence electrons. The van der Waals surface area contributed by atoms with E-state index in [0.29, 0.717) is 19.5 Å². The van der Waals surface area contributed by atoms with Gasteiger partial charge in [-0.25, -0.2) is 4.39 Å². The van der Waals surface area contributed by atoms with Gasteiger partial charge in [0.2, 0.25) is 11.8 Å².